The Labute approximate surface area is 381 Å². The van der Waals surface area contributed by atoms with E-state index in [0.29, 0.717) is 0 Å². The average molecular weight is 842 g/mol. The number of hydrogen-bond donors (Lipinski definition) is 0. The summed E-state index contributed by atoms with van der Waals surface area (Å²) in [6.45, 7) is 0. The van der Waals surface area contributed by atoms with E-state index in [1.807, 2.05) is 11.3 Å². The van der Waals surface area contributed by atoms with E-state index >= 15 is 0 Å². The van der Waals surface area contributed by atoms with Crippen molar-refractivity contribution in [2.24, 2.45) is 0 Å². The normalized spacial score (nSPS) is 13.0. The van der Waals surface area contributed by atoms with Crippen molar-refractivity contribution in [3.63, 3.8) is 0 Å². The molecular formula is C63H39NS. The van der Waals surface area contributed by atoms with Crippen LogP contribution in [0.2, 0.25) is 0 Å². The Morgan fingerprint density at radius 1 is 0.308 bits per heavy atom. The van der Waals surface area contributed by atoms with Gasteiger partial charge in [0.25, 0.3) is 0 Å². The van der Waals surface area contributed by atoms with Gasteiger partial charge in [0, 0.05) is 31.4 Å². The lowest BCUT2D eigenvalue weighted by Crippen LogP contribution is -2.26. The molecule has 1 nitrogen and oxygen atoms in total. The summed E-state index contributed by atoms with van der Waals surface area (Å²) in [7, 11) is 0. The highest BCUT2D eigenvalue weighted by Gasteiger charge is 2.52. The summed E-state index contributed by atoms with van der Waals surface area (Å²) >= 11 is 1.89. The van der Waals surface area contributed by atoms with E-state index in [4.69, 9.17) is 0 Å². The first kappa shape index (κ1) is 36.4. The summed E-state index contributed by atoms with van der Waals surface area (Å²) in [5.74, 6) is 0. The monoisotopic (exact) mass is 841 g/mol. The highest BCUT2D eigenvalue weighted by molar-refractivity contribution is 7.26. The fraction of sp³-hybridized carbons (Fsp3) is 0.0159. The highest BCUT2D eigenvalue weighted by Crippen LogP contribution is 2.65. The van der Waals surface area contributed by atoms with Crippen LogP contribution in [0.1, 0.15) is 22.3 Å². The number of nitrogens with zero attached hydrogens (tertiary/aromatic N) is 1. The summed E-state index contributed by atoms with van der Waals surface area (Å²) in [4.78, 5) is 2.57. The third-order valence-corrected chi connectivity index (χ3v) is 15.4. The van der Waals surface area contributed by atoms with Crippen molar-refractivity contribution >= 4 is 70.1 Å². The van der Waals surface area contributed by atoms with Crippen LogP contribution in [0.4, 0.5) is 17.1 Å². The van der Waals surface area contributed by atoms with Gasteiger partial charge in [-0.05, 0) is 119 Å². The van der Waals surface area contributed by atoms with E-state index < -0.39 is 5.41 Å². The third kappa shape index (κ3) is 5.09. The van der Waals surface area contributed by atoms with Crippen LogP contribution in [0.5, 0.6) is 0 Å². The lowest BCUT2D eigenvalue weighted by molar-refractivity contribution is 0.794. The van der Waals surface area contributed by atoms with Crippen molar-refractivity contribution in [2.75, 3.05) is 4.90 Å². The molecule has 1 aromatic heterocycles. The second-order valence-corrected chi connectivity index (χ2v) is 18.5. The van der Waals surface area contributed by atoms with Crippen molar-refractivity contribution in [3.8, 4) is 44.5 Å². The van der Waals surface area contributed by atoms with Crippen LogP contribution in [-0.2, 0) is 5.41 Å². The Bertz CT molecular complexity index is 3840. The molecule has 1 spiro atoms. The van der Waals surface area contributed by atoms with Crippen LogP contribution >= 0.6 is 11.3 Å². The molecule has 65 heavy (non-hydrogen) atoms. The minimum Gasteiger partial charge on any atom is -0.309 e. The molecule has 1 heterocycles. The number of rotatable bonds is 5. The maximum absolute atomic E-state index is 2.57. The van der Waals surface area contributed by atoms with Gasteiger partial charge >= 0.3 is 0 Å². The number of fused-ring (bicyclic) bond motifs is 16. The summed E-state index contributed by atoms with van der Waals surface area (Å²) in [6.07, 6.45) is 0. The Balaban J connectivity index is 1.05. The van der Waals surface area contributed by atoms with Gasteiger partial charge in [-0.3, -0.25) is 0 Å². The number of hydrogen-bond acceptors (Lipinski definition) is 2. The molecule has 2 heteroatoms. The molecule has 0 unspecified atom stereocenters. The number of anilines is 3. The molecule has 0 N–H and O–H groups in total. The first-order chi connectivity index (χ1) is 32.3. The van der Waals surface area contributed by atoms with E-state index in [0.717, 1.165) is 5.69 Å². The minimum absolute atomic E-state index is 0.452. The van der Waals surface area contributed by atoms with Gasteiger partial charge in [0.05, 0.1) is 16.8 Å². The number of benzene rings is 11. The van der Waals surface area contributed by atoms with Gasteiger partial charge in [-0.25, -0.2) is 0 Å². The van der Waals surface area contributed by atoms with E-state index in [2.05, 4.69) is 241 Å². The molecule has 0 atom stereocenters. The SMILES string of the molecule is c1ccc(-c2cccc3cccc(-c4ccc(N(c5cccc6c5-c5ccccc5C65c6ccccc6-c6ccccc65)c5cccc6sc7ccc8ccccc8c7c56)cc4)c23)cc1. The summed E-state index contributed by atoms with van der Waals surface area (Å²) in [5.41, 5.74) is 18.4. The third-order valence-electron chi connectivity index (χ3n) is 14.3. The van der Waals surface area contributed by atoms with Gasteiger partial charge in [-0.2, -0.15) is 0 Å². The molecule has 302 valence electrons. The minimum atomic E-state index is -0.452. The first-order valence-corrected chi connectivity index (χ1v) is 23.3. The van der Waals surface area contributed by atoms with Crippen molar-refractivity contribution in [1.82, 2.24) is 0 Å². The largest absolute Gasteiger partial charge is 0.309 e. The average Bonchev–Trinajstić information content (AvgIpc) is 4.02. The molecule has 14 rings (SSSR count). The van der Waals surface area contributed by atoms with Gasteiger partial charge < -0.3 is 4.90 Å². The lowest BCUT2D eigenvalue weighted by Gasteiger charge is -2.32. The first-order valence-electron chi connectivity index (χ1n) is 22.5. The fourth-order valence-corrected chi connectivity index (χ4v) is 12.8. The van der Waals surface area contributed by atoms with Crippen LogP contribution in [0.15, 0.2) is 237 Å². The Hall–Kier alpha value is -8.04. The molecule has 0 bridgehead atoms. The van der Waals surface area contributed by atoms with Gasteiger partial charge in [-0.15, -0.1) is 11.3 Å². The summed E-state index contributed by atoms with van der Waals surface area (Å²) in [6, 6.07) is 88.3. The zero-order chi connectivity index (χ0) is 42.6. The maximum atomic E-state index is 2.57. The standard InChI is InChI=1S/C63H39NS/c1-2-16-40(17-3-1)45-25-12-19-43-20-13-26-46(59(43)45)42-34-37-44(38-35-42)64(56-32-15-33-57-62(56)61-47-21-5-4-18-41(47)36-39-58(61)65-57)55-31-14-30-54-60(55)50-24-8-11-29-53(50)63(54)51-27-9-6-22-48(51)49-23-7-10-28-52(49)63/h1-39H. The second-order valence-electron chi connectivity index (χ2n) is 17.5. The molecule has 0 saturated heterocycles. The molecule has 12 aromatic rings. The highest BCUT2D eigenvalue weighted by atomic mass is 32.1. The molecule has 11 aromatic carbocycles. The maximum Gasteiger partial charge on any atom is 0.0726 e. The smallest absolute Gasteiger partial charge is 0.0726 e. The summed E-state index contributed by atoms with van der Waals surface area (Å²) in [5, 5.41) is 7.64. The number of thiophene rings is 1. The van der Waals surface area contributed by atoms with Gasteiger partial charge in [0.2, 0.25) is 0 Å². The molecule has 0 aliphatic heterocycles. The van der Waals surface area contributed by atoms with E-state index in [1.165, 1.54) is 120 Å². The predicted octanol–water partition coefficient (Wildman–Crippen LogP) is 17.5. The topological polar surface area (TPSA) is 3.24 Å². The van der Waals surface area contributed by atoms with Crippen molar-refractivity contribution in [1.29, 1.82) is 0 Å². The van der Waals surface area contributed by atoms with Gasteiger partial charge in [-0.1, -0.05) is 200 Å². The zero-order valence-electron chi connectivity index (χ0n) is 35.4. The lowest BCUT2D eigenvalue weighted by atomic mass is 9.70. The quantitative estimate of drug-likeness (QED) is 0.167. The van der Waals surface area contributed by atoms with Crippen LogP contribution < -0.4 is 4.90 Å². The molecule has 2 aliphatic carbocycles. The van der Waals surface area contributed by atoms with Gasteiger partial charge in [0.15, 0.2) is 0 Å². The van der Waals surface area contributed by atoms with Crippen molar-refractivity contribution < 1.29 is 0 Å². The molecular weight excluding hydrogens is 803 g/mol. The van der Waals surface area contributed by atoms with Crippen molar-refractivity contribution in [2.45, 2.75) is 5.41 Å². The Kier molecular flexibility index (Phi) is 7.84. The van der Waals surface area contributed by atoms with E-state index in [9.17, 15) is 0 Å². The van der Waals surface area contributed by atoms with Crippen molar-refractivity contribution in [3.05, 3.63) is 259 Å². The molecule has 0 saturated carbocycles. The predicted molar refractivity (Wildman–Crippen MR) is 276 cm³/mol. The molecule has 2 aliphatic rings. The second kappa shape index (κ2) is 14.0. The molecule has 0 radical (unpaired) electrons. The summed E-state index contributed by atoms with van der Waals surface area (Å²) < 4.78 is 2.58. The zero-order valence-corrected chi connectivity index (χ0v) is 36.2. The molecule has 0 amide bonds. The Morgan fingerprint density at radius 2 is 0.831 bits per heavy atom. The van der Waals surface area contributed by atoms with Crippen LogP contribution in [0.25, 0.3) is 86.2 Å². The Morgan fingerprint density at radius 3 is 1.57 bits per heavy atom. The molecule has 0 fully saturated rings. The van der Waals surface area contributed by atoms with Crippen LogP contribution in [0.3, 0.4) is 0 Å². The fourth-order valence-electron chi connectivity index (χ4n) is 11.7. The van der Waals surface area contributed by atoms with Crippen LogP contribution in [0, 0.1) is 0 Å². The van der Waals surface area contributed by atoms with Crippen LogP contribution in [-0.4, -0.2) is 0 Å². The van der Waals surface area contributed by atoms with E-state index in [-0.39, 0.29) is 0 Å². The van der Waals surface area contributed by atoms with Gasteiger partial charge in [0.1, 0.15) is 0 Å². The van der Waals surface area contributed by atoms with E-state index in [1.54, 1.807) is 0 Å².